The van der Waals surface area contributed by atoms with Crippen LogP contribution in [0.15, 0.2) is 24.3 Å². The van der Waals surface area contributed by atoms with Crippen molar-refractivity contribution in [1.82, 2.24) is 0 Å². The maximum Gasteiger partial charge on any atom is 0.416 e. The second-order valence-corrected chi connectivity index (χ2v) is 3.45. The number of hydrogen-bond acceptors (Lipinski definition) is 2. The van der Waals surface area contributed by atoms with Crippen LogP contribution in [0.3, 0.4) is 0 Å². The zero-order valence-corrected chi connectivity index (χ0v) is 8.51. The molecule has 0 aliphatic carbocycles. The lowest BCUT2D eigenvalue weighted by atomic mass is 9.97. The van der Waals surface area contributed by atoms with E-state index in [-0.39, 0.29) is 0 Å². The van der Waals surface area contributed by atoms with Crippen LogP contribution >= 0.6 is 0 Å². The molecule has 1 unspecified atom stereocenters. The quantitative estimate of drug-likeness (QED) is 0.814. The van der Waals surface area contributed by atoms with Crippen molar-refractivity contribution in [1.29, 1.82) is 0 Å². The average Bonchev–Trinajstić information content (AvgIpc) is 2.27. The Morgan fingerprint density at radius 3 is 2.12 bits per heavy atom. The molecule has 1 atom stereocenters. The van der Waals surface area contributed by atoms with Gasteiger partial charge in [0.2, 0.25) is 0 Å². The second kappa shape index (κ2) is 4.58. The highest BCUT2D eigenvalue weighted by molar-refractivity contribution is 5.32. The zero-order valence-electron chi connectivity index (χ0n) is 8.51. The van der Waals surface area contributed by atoms with Gasteiger partial charge in [-0.05, 0) is 11.6 Å². The summed E-state index contributed by atoms with van der Waals surface area (Å²) in [5.41, 5.74) is 2.54. The molecule has 0 aliphatic heterocycles. The van der Waals surface area contributed by atoms with E-state index in [9.17, 15) is 27.1 Å². The average molecular weight is 255 g/mol. The minimum atomic E-state index is -4.80. The number of aliphatic hydroxyl groups is 1. The molecule has 7 heteroatoms. The van der Waals surface area contributed by atoms with E-state index < -0.39 is 35.9 Å². The highest BCUT2D eigenvalue weighted by Crippen LogP contribution is 2.39. The van der Waals surface area contributed by atoms with Crippen molar-refractivity contribution in [2.24, 2.45) is 5.73 Å². The summed E-state index contributed by atoms with van der Waals surface area (Å²) in [4.78, 5) is 0. The molecule has 17 heavy (non-hydrogen) atoms. The van der Waals surface area contributed by atoms with Gasteiger partial charge in [-0.2, -0.15) is 13.2 Å². The van der Waals surface area contributed by atoms with Gasteiger partial charge in [0.05, 0.1) is 12.1 Å². The third-order valence-corrected chi connectivity index (χ3v) is 2.23. The highest BCUT2D eigenvalue weighted by Gasteiger charge is 2.43. The Labute approximate surface area is 93.9 Å². The standard InChI is InChI=1S/C10H10F5NO/c11-9(12,5-16)8(17)6-3-1-2-4-7(6)10(13,14)15/h1-4,8,17H,5,16H2. The van der Waals surface area contributed by atoms with Crippen LogP contribution < -0.4 is 5.73 Å². The number of benzene rings is 1. The summed E-state index contributed by atoms with van der Waals surface area (Å²) in [5.74, 6) is -3.80. The molecule has 96 valence electrons. The van der Waals surface area contributed by atoms with Crippen LogP contribution in [0, 0.1) is 0 Å². The van der Waals surface area contributed by atoms with Gasteiger partial charge in [0.1, 0.15) is 6.10 Å². The second-order valence-electron chi connectivity index (χ2n) is 3.45. The Morgan fingerprint density at radius 1 is 1.12 bits per heavy atom. The molecule has 0 saturated heterocycles. The molecule has 1 rings (SSSR count). The molecule has 0 spiro atoms. The van der Waals surface area contributed by atoms with E-state index in [1.165, 1.54) is 0 Å². The Hall–Kier alpha value is -1.21. The van der Waals surface area contributed by atoms with E-state index >= 15 is 0 Å². The van der Waals surface area contributed by atoms with E-state index in [1.54, 1.807) is 0 Å². The third kappa shape index (κ3) is 2.92. The molecule has 0 heterocycles. The summed E-state index contributed by atoms with van der Waals surface area (Å²) < 4.78 is 63.7. The van der Waals surface area contributed by atoms with E-state index in [4.69, 9.17) is 5.73 Å². The van der Waals surface area contributed by atoms with E-state index in [0.717, 1.165) is 18.2 Å². The first-order chi connectivity index (χ1) is 7.70. The van der Waals surface area contributed by atoms with Gasteiger partial charge in [0.15, 0.2) is 0 Å². The largest absolute Gasteiger partial charge is 0.416 e. The molecule has 0 fully saturated rings. The molecule has 0 aromatic heterocycles. The van der Waals surface area contributed by atoms with Crippen molar-refractivity contribution < 1.29 is 27.1 Å². The smallest absolute Gasteiger partial charge is 0.382 e. The van der Waals surface area contributed by atoms with Crippen LogP contribution in [0.2, 0.25) is 0 Å². The minimum absolute atomic E-state index is 0.630. The van der Waals surface area contributed by atoms with E-state index in [0.29, 0.717) is 6.07 Å². The number of rotatable bonds is 3. The van der Waals surface area contributed by atoms with Gasteiger partial charge >= 0.3 is 6.18 Å². The van der Waals surface area contributed by atoms with Crippen molar-refractivity contribution in [2.45, 2.75) is 18.2 Å². The van der Waals surface area contributed by atoms with Crippen LogP contribution in [0.25, 0.3) is 0 Å². The Kier molecular flexibility index (Phi) is 3.73. The molecule has 3 N–H and O–H groups in total. The summed E-state index contributed by atoms with van der Waals surface area (Å²) in [5, 5.41) is 9.26. The molecular formula is C10H10F5NO. The summed E-state index contributed by atoms with van der Waals surface area (Å²) >= 11 is 0. The Bertz CT molecular complexity index is 391. The summed E-state index contributed by atoms with van der Waals surface area (Å²) in [7, 11) is 0. The molecule has 2 nitrogen and oxygen atoms in total. The van der Waals surface area contributed by atoms with Gasteiger partial charge in [-0.25, -0.2) is 8.78 Å². The summed E-state index contributed by atoms with van der Waals surface area (Å²) in [6.45, 7) is -1.24. The number of hydrogen-bond donors (Lipinski definition) is 2. The Balaban J connectivity index is 3.23. The van der Waals surface area contributed by atoms with Gasteiger partial charge in [-0.3, -0.25) is 0 Å². The first-order valence-corrected chi connectivity index (χ1v) is 4.62. The van der Waals surface area contributed by atoms with Gasteiger partial charge in [0, 0.05) is 0 Å². The minimum Gasteiger partial charge on any atom is -0.382 e. The fourth-order valence-electron chi connectivity index (χ4n) is 1.33. The van der Waals surface area contributed by atoms with Crippen molar-refractivity contribution in [3.05, 3.63) is 35.4 Å². The lowest BCUT2D eigenvalue weighted by Gasteiger charge is -2.23. The first kappa shape index (κ1) is 13.9. The maximum atomic E-state index is 13.1. The van der Waals surface area contributed by atoms with Crippen LogP contribution in [0.1, 0.15) is 17.2 Å². The lowest BCUT2D eigenvalue weighted by Crippen LogP contribution is -2.35. The normalized spacial score (nSPS) is 14.8. The highest BCUT2D eigenvalue weighted by atomic mass is 19.4. The van der Waals surface area contributed by atoms with Crippen molar-refractivity contribution >= 4 is 0 Å². The van der Waals surface area contributed by atoms with Gasteiger partial charge in [-0.15, -0.1) is 0 Å². The topological polar surface area (TPSA) is 46.2 Å². The van der Waals surface area contributed by atoms with Crippen LogP contribution in [-0.2, 0) is 6.18 Å². The maximum absolute atomic E-state index is 13.1. The molecule has 0 radical (unpaired) electrons. The molecule has 1 aromatic rings. The fraction of sp³-hybridized carbons (Fsp3) is 0.400. The third-order valence-electron chi connectivity index (χ3n) is 2.23. The summed E-state index contributed by atoms with van der Waals surface area (Å²) in [6, 6.07) is 3.63. The molecule has 0 saturated carbocycles. The first-order valence-electron chi connectivity index (χ1n) is 4.62. The van der Waals surface area contributed by atoms with Crippen molar-refractivity contribution in [3.63, 3.8) is 0 Å². The van der Waals surface area contributed by atoms with Crippen LogP contribution in [0.5, 0.6) is 0 Å². The molecule has 0 amide bonds. The summed E-state index contributed by atoms with van der Waals surface area (Å²) in [6.07, 6.45) is -7.38. The number of alkyl halides is 5. The monoisotopic (exact) mass is 255 g/mol. The molecule has 0 bridgehead atoms. The predicted molar refractivity (Wildman–Crippen MR) is 50.4 cm³/mol. The van der Waals surface area contributed by atoms with Crippen LogP contribution in [0.4, 0.5) is 22.0 Å². The molecular weight excluding hydrogens is 245 g/mol. The fourth-order valence-corrected chi connectivity index (χ4v) is 1.33. The molecule has 1 aromatic carbocycles. The van der Waals surface area contributed by atoms with Crippen molar-refractivity contribution in [2.75, 3.05) is 6.54 Å². The van der Waals surface area contributed by atoms with E-state index in [2.05, 4.69) is 0 Å². The van der Waals surface area contributed by atoms with Gasteiger partial charge < -0.3 is 10.8 Å². The number of nitrogens with two attached hydrogens (primary N) is 1. The van der Waals surface area contributed by atoms with Crippen LogP contribution in [-0.4, -0.2) is 17.6 Å². The SMILES string of the molecule is NCC(F)(F)C(O)c1ccccc1C(F)(F)F. The zero-order chi connectivity index (χ0) is 13.3. The number of halogens is 5. The number of aliphatic hydroxyl groups excluding tert-OH is 1. The van der Waals surface area contributed by atoms with Gasteiger partial charge in [0.25, 0.3) is 5.92 Å². The van der Waals surface area contributed by atoms with Gasteiger partial charge in [-0.1, -0.05) is 18.2 Å². The van der Waals surface area contributed by atoms with E-state index in [1.807, 2.05) is 0 Å². The lowest BCUT2D eigenvalue weighted by molar-refractivity contribution is -0.144. The molecule has 0 aliphatic rings. The van der Waals surface area contributed by atoms with Crippen molar-refractivity contribution in [3.8, 4) is 0 Å². The Morgan fingerprint density at radius 2 is 1.65 bits per heavy atom. The predicted octanol–water partition coefficient (Wildman–Crippen LogP) is 2.33.